The maximum absolute atomic E-state index is 12.8. The Balaban J connectivity index is 4.43. The average Bonchev–Trinajstić information content (AvgIpc) is 3.06. The maximum atomic E-state index is 12.8. The number of nitrogens with one attached hydrogen (secondary N) is 1. The first-order chi connectivity index (χ1) is 24.0. The van der Waals surface area contributed by atoms with E-state index >= 15 is 0 Å². The molecule has 0 aliphatic heterocycles. The van der Waals surface area contributed by atoms with Crippen LogP contribution in [0, 0.1) is 0 Å². The smallest absolute Gasteiger partial charge is 0.387 e. The molecule has 296 valence electrons. The minimum atomic E-state index is -4.33. The van der Waals surface area contributed by atoms with Crippen molar-refractivity contribution in [2.75, 3.05) is 40.9 Å². The number of carbonyl (C=O) groups is 1. The number of aliphatic hydroxyl groups excluding tert-OH is 1. The first-order valence-corrected chi connectivity index (χ1v) is 22.2. The fraction of sp³-hybridized carbons (Fsp3) is 0.878. The van der Waals surface area contributed by atoms with Gasteiger partial charge in [-0.3, -0.25) is 13.8 Å². The summed E-state index contributed by atoms with van der Waals surface area (Å²) in [5.74, 6) is -0.193. The second kappa shape index (κ2) is 33.8. The molecule has 0 radical (unpaired) electrons. The summed E-state index contributed by atoms with van der Waals surface area (Å²) in [6, 6.07) is -0.847. The van der Waals surface area contributed by atoms with Crippen LogP contribution in [0.3, 0.4) is 0 Å². The SMILES string of the molecule is CCCC/C=C\CCCCCCC(=O)NC(COP(=O)(O)OCC[N+](C)(C)C)C(O)/C=C/CCCCCCCCCCCCCCCCCC. The summed E-state index contributed by atoms with van der Waals surface area (Å²) in [5, 5.41) is 13.8. The third-order valence-corrected chi connectivity index (χ3v) is 10.1. The van der Waals surface area contributed by atoms with Gasteiger partial charge in [-0.15, -0.1) is 0 Å². The van der Waals surface area contributed by atoms with E-state index in [0.29, 0.717) is 17.4 Å². The topological polar surface area (TPSA) is 105 Å². The lowest BCUT2D eigenvalue weighted by molar-refractivity contribution is -0.870. The van der Waals surface area contributed by atoms with Crippen LogP contribution < -0.4 is 5.32 Å². The summed E-state index contributed by atoms with van der Waals surface area (Å²) in [7, 11) is 1.56. The number of amides is 1. The second-order valence-corrected chi connectivity index (χ2v) is 16.8. The lowest BCUT2D eigenvalue weighted by Crippen LogP contribution is -2.45. The quantitative estimate of drug-likeness (QED) is 0.0254. The molecule has 0 aromatic carbocycles. The number of allylic oxidation sites excluding steroid dienone is 3. The number of hydrogen-bond donors (Lipinski definition) is 3. The molecule has 0 heterocycles. The molecule has 0 aliphatic carbocycles. The van der Waals surface area contributed by atoms with Crippen LogP contribution in [0.1, 0.15) is 181 Å². The Morgan fingerprint density at radius 3 is 1.60 bits per heavy atom. The molecule has 0 bridgehead atoms. The number of aliphatic hydroxyl groups is 1. The predicted molar refractivity (Wildman–Crippen MR) is 212 cm³/mol. The number of unbranched alkanes of at least 4 members (excludes halogenated alkanes) is 22. The molecule has 0 saturated heterocycles. The van der Waals surface area contributed by atoms with Crippen LogP contribution in [0.15, 0.2) is 24.3 Å². The zero-order valence-corrected chi connectivity index (χ0v) is 34.3. The Morgan fingerprint density at radius 1 is 0.660 bits per heavy atom. The number of phosphoric acid groups is 1. The fourth-order valence-corrected chi connectivity index (χ4v) is 6.52. The molecular weight excluding hydrogens is 647 g/mol. The van der Waals surface area contributed by atoms with E-state index in [1.54, 1.807) is 6.08 Å². The normalized spacial score (nSPS) is 14.8. The molecule has 0 saturated carbocycles. The summed E-state index contributed by atoms with van der Waals surface area (Å²) in [6.07, 6.45) is 38.2. The van der Waals surface area contributed by atoms with Crippen LogP contribution in [-0.4, -0.2) is 73.4 Å². The minimum Gasteiger partial charge on any atom is -0.387 e. The minimum absolute atomic E-state index is 0.0601. The summed E-state index contributed by atoms with van der Waals surface area (Å²) in [4.78, 5) is 23.0. The molecule has 0 aromatic rings. The summed E-state index contributed by atoms with van der Waals surface area (Å²) in [6.45, 7) is 4.75. The zero-order valence-electron chi connectivity index (χ0n) is 33.4. The van der Waals surface area contributed by atoms with E-state index in [1.807, 2.05) is 27.2 Å². The van der Waals surface area contributed by atoms with E-state index in [1.165, 1.54) is 103 Å². The van der Waals surface area contributed by atoms with Crippen LogP contribution >= 0.6 is 7.82 Å². The van der Waals surface area contributed by atoms with Crippen molar-refractivity contribution in [2.24, 2.45) is 0 Å². The fourth-order valence-electron chi connectivity index (χ4n) is 5.79. The third kappa shape index (κ3) is 35.4. The summed E-state index contributed by atoms with van der Waals surface area (Å²) in [5.41, 5.74) is 0. The second-order valence-electron chi connectivity index (χ2n) is 15.4. The molecule has 0 fully saturated rings. The maximum Gasteiger partial charge on any atom is 0.472 e. The van der Waals surface area contributed by atoms with Gasteiger partial charge in [0.25, 0.3) is 0 Å². The molecular formula is C41H82N2O6P+. The first kappa shape index (κ1) is 49.0. The highest BCUT2D eigenvalue weighted by atomic mass is 31.2. The van der Waals surface area contributed by atoms with Gasteiger partial charge in [0.15, 0.2) is 0 Å². The van der Waals surface area contributed by atoms with Crippen molar-refractivity contribution in [3.05, 3.63) is 24.3 Å². The van der Waals surface area contributed by atoms with Crippen molar-refractivity contribution >= 4 is 13.7 Å². The van der Waals surface area contributed by atoms with Gasteiger partial charge in [-0.1, -0.05) is 160 Å². The third-order valence-electron chi connectivity index (χ3n) is 9.17. The van der Waals surface area contributed by atoms with Gasteiger partial charge in [0.1, 0.15) is 13.2 Å². The van der Waals surface area contributed by atoms with Gasteiger partial charge in [0.05, 0.1) is 39.9 Å². The van der Waals surface area contributed by atoms with Gasteiger partial charge in [-0.05, 0) is 38.5 Å². The Labute approximate surface area is 309 Å². The standard InChI is InChI=1S/C41H81N2O6P/c1-6-8-10-12-14-16-18-19-20-21-22-23-24-25-26-28-30-32-34-40(44)39(38-49-50(46,47)48-37-36-43(3,4)5)42-41(45)35-33-31-29-27-17-15-13-11-9-7-2/h13,15,32,34,39-40,44H,6-12,14,16-31,33,35-38H2,1-5H3,(H-,42,45,46,47)/p+1/b15-13-,34-32+. The Kier molecular flexibility index (Phi) is 33.1. The van der Waals surface area contributed by atoms with Crippen LogP contribution in [0.25, 0.3) is 0 Å². The van der Waals surface area contributed by atoms with Crippen molar-refractivity contribution in [3.8, 4) is 0 Å². The van der Waals surface area contributed by atoms with E-state index < -0.39 is 20.0 Å². The van der Waals surface area contributed by atoms with Gasteiger partial charge < -0.3 is 19.8 Å². The Morgan fingerprint density at radius 2 is 1.10 bits per heavy atom. The largest absolute Gasteiger partial charge is 0.472 e. The number of hydrogen-bond acceptors (Lipinski definition) is 5. The van der Waals surface area contributed by atoms with Gasteiger partial charge in [-0.25, -0.2) is 4.57 Å². The van der Waals surface area contributed by atoms with Crippen molar-refractivity contribution in [1.29, 1.82) is 0 Å². The lowest BCUT2D eigenvalue weighted by atomic mass is 10.0. The molecule has 50 heavy (non-hydrogen) atoms. The zero-order chi connectivity index (χ0) is 37.2. The van der Waals surface area contributed by atoms with E-state index in [9.17, 15) is 19.4 Å². The number of rotatable bonds is 37. The lowest BCUT2D eigenvalue weighted by Gasteiger charge is -2.25. The number of phosphoric ester groups is 1. The molecule has 0 aromatic heterocycles. The van der Waals surface area contributed by atoms with Crippen molar-refractivity contribution in [2.45, 2.75) is 193 Å². The van der Waals surface area contributed by atoms with Gasteiger partial charge >= 0.3 is 7.82 Å². The van der Waals surface area contributed by atoms with Gasteiger partial charge in [0.2, 0.25) is 5.91 Å². The molecule has 0 rings (SSSR count). The van der Waals surface area contributed by atoms with E-state index in [-0.39, 0.29) is 19.1 Å². The van der Waals surface area contributed by atoms with Crippen molar-refractivity contribution in [3.63, 3.8) is 0 Å². The Bertz CT molecular complexity index is 876. The average molecular weight is 730 g/mol. The number of likely N-dealkylation sites (N-methyl/N-ethyl adjacent to an activating group) is 1. The summed E-state index contributed by atoms with van der Waals surface area (Å²) < 4.78 is 23.5. The van der Waals surface area contributed by atoms with Gasteiger partial charge in [0, 0.05) is 6.42 Å². The molecule has 1 amide bonds. The summed E-state index contributed by atoms with van der Waals surface area (Å²) >= 11 is 0. The van der Waals surface area contributed by atoms with Crippen LogP contribution in [0.2, 0.25) is 0 Å². The molecule has 3 N–H and O–H groups in total. The van der Waals surface area contributed by atoms with E-state index in [2.05, 4.69) is 31.3 Å². The molecule has 8 nitrogen and oxygen atoms in total. The first-order valence-electron chi connectivity index (χ1n) is 20.7. The predicted octanol–water partition coefficient (Wildman–Crippen LogP) is 11.0. The van der Waals surface area contributed by atoms with Crippen molar-refractivity contribution < 1.29 is 32.9 Å². The van der Waals surface area contributed by atoms with Crippen LogP contribution in [0.4, 0.5) is 0 Å². The Hall–Kier alpha value is -1.02. The molecule has 3 atom stereocenters. The molecule has 0 spiro atoms. The number of nitrogens with zero attached hydrogens (tertiary/aromatic N) is 1. The highest BCUT2D eigenvalue weighted by Crippen LogP contribution is 2.43. The van der Waals surface area contributed by atoms with Crippen LogP contribution in [0.5, 0.6) is 0 Å². The number of quaternary nitrogens is 1. The van der Waals surface area contributed by atoms with Gasteiger partial charge in [-0.2, -0.15) is 0 Å². The molecule has 9 heteroatoms. The van der Waals surface area contributed by atoms with Crippen LogP contribution in [-0.2, 0) is 18.4 Å². The van der Waals surface area contributed by atoms with E-state index in [0.717, 1.165) is 57.8 Å². The number of carbonyl (C=O) groups excluding carboxylic acids is 1. The van der Waals surface area contributed by atoms with Crippen molar-refractivity contribution in [1.82, 2.24) is 5.32 Å². The van der Waals surface area contributed by atoms with E-state index in [4.69, 9.17) is 9.05 Å². The molecule has 3 unspecified atom stereocenters. The monoisotopic (exact) mass is 730 g/mol. The highest BCUT2D eigenvalue weighted by molar-refractivity contribution is 7.47. The highest BCUT2D eigenvalue weighted by Gasteiger charge is 2.27. The molecule has 0 aliphatic rings.